The van der Waals surface area contributed by atoms with Gasteiger partial charge in [0.2, 0.25) is 10.0 Å². The molecule has 0 radical (unpaired) electrons. The van der Waals surface area contributed by atoms with E-state index in [9.17, 15) is 13.5 Å². The van der Waals surface area contributed by atoms with Crippen molar-refractivity contribution in [3.63, 3.8) is 0 Å². The Kier molecular flexibility index (Phi) is 4.09. The number of hydrogen-bond acceptors (Lipinski definition) is 4. The molecule has 0 amide bonds. The summed E-state index contributed by atoms with van der Waals surface area (Å²) in [6.07, 6.45) is 0.759. The topological polar surface area (TPSA) is 83.6 Å². The summed E-state index contributed by atoms with van der Waals surface area (Å²) >= 11 is 0. The summed E-state index contributed by atoms with van der Waals surface area (Å²) in [5, 5.41) is 9.45. The summed E-state index contributed by atoms with van der Waals surface area (Å²) < 4.78 is 26.9. The minimum atomic E-state index is -3.65. The predicted molar refractivity (Wildman–Crippen MR) is 78.9 cm³/mol. The Labute approximate surface area is 120 Å². The Morgan fingerprint density at radius 1 is 1.35 bits per heavy atom. The number of nitrogen functional groups attached to an aromatic ring is 1. The lowest BCUT2D eigenvalue weighted by Gasteiger charge is -2.25. The maximum absolute atomic E-state index is 12.8. The third kappa shape index (κ3) is 2.43. The molecule has 0 aromatic heterocycles. The Morgan fingerprint density at radius 2 is 1.95 bits per heavy atom. The number of nitrogens with zero attached hydrogens (tertiary/aromatic N) is 1. The maximum Gasteiger partial charge on any atom is 0.245 e. The van der Waals surface area contributed by atoms with Crippen molar-refractivity contribution in [1.82, 2.24) is 4.31 Å². The van der Waals surface area contributed by atoms with Gasteiger partial charge >= 0.3 is 0 Å². The van der Waals surface area contributed by atoms with Gasteiger partial charge in [-0.25, -0.2) is 8.42 Å². The molecule has 2 atom stereocenters. The minimum Gasteiger partial charge on any atom is -0.398 e. The highest BCUT2D eigenvalue weighted by molar-refractivity contribution is 7.89. The van der Waals surface area contributed by atoms with Crippen molar-refractivity contribution in [2.24, 2.45) is 5.92 Å². The van der Waals surface area contributed by atoms with Crippen molar-refractivity contribution in [2.75, 3.05) is 18.9 Å². The molecule has 1 aliphatic heterocycles. The molecule has 2 rings (SSSR count). The van der Waals surface area contributed by atoms with Crippen molar-refractivity contribution in [2.45, 2.75) is 38.1 Å². The number of hydrogen-bond donors (Lipinski definition) is 2. The molecule has 0 aliphatic carbocycles. The number of aryl methyl sites for hydroxylation is 2. The summed E-state index contributed by atoms with van der Waals surface area (Å²) in [6.45, 7) is 5.99. The van der Waals surface area contributed by atoms with E-state index in [-0.39, 0.29) is 29.1 Å². The number of nitrogens with two attached hydrogens (primary N) is 1. The summed E-state index contributed by atoms with van der Waals surface area (Å²) in [7, 11) is -3.65. The third-order valence-corrected chi connectivity index (χ3v) is 6.21. The molecule has 2 unspecified atom stereocenters. The van der Waals surface area contributed by atoms with Gasteiger partial charge in [-0.2, -0.15) is 4.31 Å². The Balaban J connectivity index is 2.48. The van der Waals surface area contributed by atoms with Gasteiger partial charge in [-0.1, -0.05) is 6.92 Å². The highest BCUT2D eigenvalue weighted by Crippen LogP contribution is 2.33. The highest BCUT2D eigenvalue weighted by Gasteiger charge is 2.39. The van der Waals surface area contributed by atoms with Gasteiger partial charge in [0.15, 0.2) is 0 Å². The molecule has 3 N–H and O–H groups in total. The molecule has 0 bridgehead atoms. The molecule has 1 fully saturated rings. The van der Waals surface area contributed by atoms with Crippen LogP contribution in [0.2, 0.25) is 0 Å². The van der Waals surface area contributed by atoms with Crippen LogP contribution in [0.4, 0.5) is 5.69 Å². The van der Waals surface area contributed by atoms with Crippen molar-refractivity contribution in [1.29, 1.82) is 0 Å². The molecular formula is C14H22N2O3S. The number of rotatable bonds is 3. The fourth-order valence-electron chi connectivity index (χ4n) is 2.70. The first-order valence-electron chi connectivity index (χ1n) is 6.78. The molecule has 20 heavy (non-hydrogen) atoms. The van der Waals surface area contributed by atoms with Gasteiger partial charge in [0.05, 0.1) is 18.3 Å². The zero-order valence-corrected chi connectivity index (χ0v) is 12.9. The monoisotopic (exact) mass is 298 g/mol. The van der Waals surface area contributed by atoms with Crippen LogP contribution in [-0.4, -0.2) is 37.0 Å². The van der Waals surface area contributed by atoms with Gasteiger partial charge in [-0.05, 0) is 49.4 Å². The first-order valence-corrected chi connectivity index (χ1v) is 8.22. The molecule has 1 aromatic rings. The molecular weight excluding hydrogens is 276 g/mol. The number of sulfonamides is 1. The van der Waals surface area contributed by atoms with Crippen molar-refractivity contribution < 1.29 is 13.5 Å². The standard InChI is InChI=1S/C14H22N2O3S/c1-9-4-5-16(13(9)8-17)20(18,19)14-7-11(3)10(2)6-12(14)15/h6-7,9,13,17H,4-5,8,15H2,1-3H3. The van der Waals surface area contributed by atoms with Gasteiger partial charge in [-0.15, -0.1) is 0 Å². The van der Waals surface area contributed by atoms with E-state index in [4.69, 9.17) is 5.73 Å². The van der Waals surface area contributed by atoms with E-state index >= 15 is 0 Å². The Morgan fingerprint density at radius 3 is 2.55 bits per heavy atom. The van der Waals surface area contributed by atoms with Gasteiger partial charge in [-0.3, -0.25) is 0 Å². The van der Waals surface area contributed by atoms with E-state index in [1.165, 1.54) is 4.31 Å². The van der Waals surface area contributed by atoms with E-state index in [0.717, 1.165) is 17.5 Å². The number of aliphatic hydroxyl groups is 1. The largest absolute Gasteiger partial charge is 0.398 e. The number of benzene rings is 1. The number of aliphatic hydroxyl groups excluding tert-OH is 1. The third-order valence-electron chi connectivity index (χ3n) is 4.23. The summed E-state index contributed by atoms with van der Waals surface area (Å²) in [6, 6.07) is 2.95. The molecule has 1 saturated heterocycles. The minimum absolute atomic E-state index is 0.146. The van der Waals surface area contributed by atoms with E-state index in [1.54, 1.807) is 12.1 Å². The lowest BCUT2D eigenvalue weighted by molar-refractivity contribution is 0.191. The van der Waals surface area contributed by atoms with E-state index < -0.39 is 10.0 Å². The van der Waals surface area contributed by atoms with Gasteiger partial charge < -0.3 is 10.8 Å². The highest BCUT2D eigenvalue weighted by atomic mass is 32.2. The molecule has 1 aromatic carbocycles. The maximum atomic E-state index is 12.8. The molecule has 112 valence electrons. The molecule has 0 saturated carbocycles. The zero-order valence-electron chi connectivity index (χ0n) is 12.1. The fourth-order valence-corrected chi connectivity index (χ4v) is 4.62. The second-order valence-electron chi connectivity index (χ2n) is 5.61. The molecule has 5 nitrogen and oxygen atoms in total. The van der Waals surface area contributed by atoms with E-state index in [0.29, 0.717) is 6.54 Å². The molecule has 1 aliphatic rings. The van der Waals surface area contributed by atoms with Crippen LogP contribution in [0.1, 0.15) is 24.5 Å². The first-order chi connectivity index (χ1) is 9.28. The van der Waals surface area contributed by atoms with Crippen LogP contribution in [0.5, 0.6) is 0 Å². The zero-order chi connectivity index (χ0) is 15.1. The average Bonchev–Trinajstić information content (AvgIpc) is 2.75. The quantitative estimate of drug-likeness (QED) is 0.823. The lowest BCUT2D eigenvalue weighted by Crippen LogP contribution is -2.40. The van der Waals surface area contributed by atoms with Crippen molar-refractivity contribution >= 4 is 15.7 Å². The molecule has 1 heterocycles. The molecule has 6 heteroatoms. The second kappa shape index (κ2) is 5.35. The van der Waals surface area contributed by atoms with Crippen LogP contribution in [0.3, 0.4) is 0 Å². The predicted octanol–water partition coefficient (Wildman–Crippen LogP) is 1.28. The van der Waals surface area contributed by atoms with Crippen molar-refractivity contribution in [3.05, 3.63) is 23.3 Å². The van der Waals surface area contributed by atoms with Crippen LogP contribution in [0.15, 0.2) is 17.0 Å². The summed E-state index contributed by atoms with van der Waals surface area (Å²) in [4.78, 5) is 0.146. The van der Waals surface area contributed by atoms with Crippen LogP contribution in [0.25, 0.3) is 0 Å². The van der Waals surface area contributed by atoms with Crippen LogP contribution in [-0.2, 0) is 10.0 Å². The van der Waals surface area contributed by atoms with E-state index in [1.807, 2.05) is 20.8 Å². The van der Waals surface area contributed by atoms with Gasteiger partial charge in [0, 0.05) is 6.54 Å². The van der Waals surface area contributed by atoms with Gasteiger partial charge in [0.25, 0.3) is 0 Å². The van der Waals surface area contributed by atoms with Gasteiger partial charge in [0.1, 0.15) is 4.90 Å². The average molecular weight is 298 g/mol. The SMILES string of the molecule is Cc1cc(N)c(S(=O)(=O)N2CCC(C)C2CO)cc1C. The van der Waals surface area contributed by atoms with Crippen LogP contribution >= 0.6 is 0 Å². The summed E-state index contributed by atoms with van der Waals surface area (Å²) in [5.74, 6) is 0.155. The van der Waals surface area contributed by atoms with Crippen LogP contribution < -0.4 is 5.73 Å². The first kappa shape index (κ1) is 15.3. The Bertz CT molecular complexity index is 613. The smallest absolute Gasteiger partial charge is 0.245 e. The second-order valence-corrected chi connectivity index (χ2v) is 7.46. The fraction of sp³-hybridized carbons (Fsp3) is 0.571. The van der Waals surface area contributed by atoms with E-state index in [2.05, 4.69) is 0 Å². The summed E-state index contributed by atoms with van der Waals surface area (Å²) in [5.41, 5.74) is 8.03. The number of anilines is 1. The lowest BCUT2D eigenvalue weighted by atomic mass is 10.0. The molecule has 0 spiro atoms. The normalized spacial score (nSPS) is 24.2. The van der Waals surface area contributed by atoms with Crippen LogP contribution in [0, 0.1) is 19.8 Å². The van der Waals surface area contributed by atoms with Crippen molar-refractivity contribution in [3.8, 4) is 0 Å². The Hall–Kier alpha value is -1.11.